The van der Waals surface area contributed by atoms with Gasteiger partial charge in [0, 0.05) is 44.2 Å². The van der Waals surface area contributed by atoms with Crippen LogP contribution in [0, 0.1) is 0 Å². The van der Waals surface area contributed by atoms with Gasteiger partial charge < -0.3 is 15.0 Å². The SMILES string of the molecule is CNC(=O)CN1CCN(C(=O)c2csc(-c3ccc(OC)cc3)n2)CC1. The summed E-state index contributed by atoms with van der Waals surface area (Å²) in [7, 11) is 3.26. The van der Waals surface area contributed by atoms with Gasteiger partial charge in [-0.15, -0.1) is 11.3 Å². The fraction of sp³-hybridized carbons (Fsp3) is 0.389. The predicted molar refractivity (Wildman–Crippen MR) is 101 cm³/mol. The standard InChI is InChI=1S/C18H22N4O3S/c1-19-16(23)11-21-7-9-22(10-8-21)18(24)15-12-26-17(20-15)13-3-5-14(25-2)6-4-13/h3-6,12H,7-11H2,1-2H3,(H,19,23). The van der Waals surface area contributed by atoms with Gasteiger partial charge in [-0.3, -0.25) is 14.5 Å². The molecule has 0 spiro atoms. The van der Waals surface area contributed by atoms with Crippen LogP contribution in [0.25, 0.3) is 10.6 Å². The van der Waals surface area contributed by atoms with Crippen molar-refractivity contribution in [3.8, 4) is 16.3 Å². The van der Waals surface area contributed by atoms with Crippen LogP contribution in [-0.4, -0.2) is 73.5 Å². The minimum atomic E-state index is -0.0550. The lowest BCUT2D eigenvalue weighted by Gasteiger charge is -2.33. The summed E-state index contributed by atoms with van der Waals surface area (Å²) in [5.41, 5.74) is 1.44. The van der Waals surface area contributed by atoms with Crippen molar-refractivity contribution < 1.29 is 14.3 Å². The van der Waals surface area contributed by atoms with E-state index in [-0.39, 0.29) is 11.8 Å². The molecule has 1 fully saturated rings. The molecule has 1 aliphatic rings. The first kappa shape index (κ1) is 18.3. The normalized spacial score (nSPS) is 14.9. The Labute approximate surface area is 156 Å². The third kappa shape index (κ3) is 4.20. The Bertz CT molecular complexity index is 767. The maximum atomic E-state index is 12.7. The monoisotopic (exact) mass is 374 g/mol. The third-order valence-corrected chi connectivity index (χ3v) is 5.26. The molecule has 1 aromatic carbocycles. The second-order valence-corrected chi connectivity index (χ2v) is 6.87. The number of carbonyl (C=O) groups excluding carboxylic acids is 2. The molecule has 0 aliphatic carbocycles. The topological polar surface area (TPSA) is 74.8 Å². The molecule has 138 valence electrons. The molecule has 0 atom stereocenters. The van der Waals surface area contributed by atoms with E-state index in [2.05, 4.69) is 10.3 Å². The van der Waals surface area contributed by atoms with Gasteiger partial charge in [-0.1, -0.05) is 0 Å². The largest absolute Gasteiger partial charge is 0.497 e. The molecule has 2 aromatic rings. The zero-order chi connectivity index (χ0) is 18.5. The van der Waals surface area contributed by atoms with Crippen molar-refractivity contribution in [1.29, 1.82) is 0 Å². The van der Waals surface area contributed by atoms with E-state index >= 15 is 0 Å². The van der Waals surface area contributed by atoms with Gasteiger partial charge in [-0.2, -0.15) is 0 Å². The van der Waals surface area contributed by atoms with Crippen LogP contribution < -0.4 is 10.1 Å². The van der Waals surface area contributed by atoms with E-state index in [0.717, 1.165) is 16.3 Å². The molecular weight excluding hydrogens is 352 g/mol. The second-order valence-electron chi connectivity index (χ2n) is 6.01. The number of amides is 2. The van der Waals surface area contributed by atoms with Crippen molar-refractivity contribution in [3.05, 3.63) is 35.3 Å². The van der Waals surface area contributed by atoms with Crippen molar-refractivity contribution >= 4 is 23.2 Å². The van der Waals surface area contributed by atoms with Crippen LogP contribution in [0.2, 0.25) is 0 Å². The summed E-state index contributed by atoms with van der Waals surface area (Å²) in [6.07, 6.45) is 0. The Balaban J connectivity index is 1.60. The lowest BCUT2D eigenvalue weighted by Crippen LogP contribution is -2.50. The lowest BCUT2D eigenvalue weighted by atomic mass is 10.2. The molecule has 1 aliphatic heterocycles. The zero-order valence-corrected chi connectivity index (χ0v) is 15.7. The van der Waals surface area contributed by atoms with Crippen molar-refractivity contribution in [2.45, 2.75) is 0 Å². The van der Waals surface area contributed by atoms with Crippen LogP contribution in [0.5, 0.6) is 5.75 Å². The summed E-state index contributed by atoms with van der Waals surface area (Å²) in [6.45, 7) is 2.95. The Morgan fingerprint density at radius 3 is 2.50 bits per heavy atom. The number of nitrogens with zero attached hydrogens (tertiary/aromatic N) is 3. The van der Waals surface area contributed by atoms with E-state index in [9.17, 15) is 9.59 Å². The van der Waals surface area contributed by atoms with Gasteiger partial charge in [0.15, 0.2) is 0 Å². The number of methoxy groups -OCH3 is 1. The van der Waals surface area contributed by atoms with Gasteiger partial charge in [0.05, 0.1) is 13.7 Å². The van der Waals surface area contributed by atoms with Gasteiger partial charge in [-0.05, 0) is 24.3 Å². The van der Waals surface area contributed by atoms with Gasteiger partial charge >= 0.3 is 0 Å². The maximum absolute atomic E-state index is 12.7. The fourth-order valence-corrected chi connectivity index (χ4v) is 3.59. The quantitative estimate of drug-likeness (QED) is 0.854. The van der Waals surface area contributed by atoms with Crippen LogP contribution in [0.4, 0.5) is 0 Å². The molecule has 0 saturated carbocycles. The van der Waals surface area contributed by atoms with Gasteiger partial charge in [0.2, 0.25) is 5.91 Å². The van der Waals surface area contributed by atoms with Crippen LogP contribution in [0.3, 0.4) is 0 Å². The van der Waals surface area contributed by atoms with E-state index in [4.69, 9.17) is 4.74 Å². The highest BCUT2D eigenvalue weighted by atomic mass is 32.1. The second kappa shape index (κ2) is 8.29. The number of thiazole rings is 1. The van der Waals surface area contributed by atoms with E-state index in [1.54, 1.807) is 24.4 Å². The average molecular weight is 374 g/mol. The summed E-state index contributed by atoms with van der Waals surface area (Å²) in [4.78, 5) is 32.5. The Morgan fingerprint density at radius 2 is 1.88 bits per heavy atom. The van der Waals surface area contributed by atoms with Gasteiger partial charge in [-0.25, -0.2) is 4.98 Å². The number of benzene rings is 1. The van der Waals surface area contributed by atoms with Crippen LogP contribution in [-0.2, 0) is 4.79 Å². The van der Waals surface area contributed by atoms with Crippen LogP contribution >= 0.6 is 11.3 Å². The Kier molecular flexibility index (Phi) is 5.85. The number of aromatic nitrogens is 1. The number of carbonyl (C=O) groups is 2. The Hall–Kier alpha value is -2.45. The number of nitrogens with one attached hydrogen (secondary N) is 1. The summed E-state index contributed by atoms with van der Waals surface area (Å²) < 4.78 is 5.16. The van der Waals surface area contributed by atoms with Crippen LogP contribution in [0.1, 0.15) is 10.5 Å². The summed E-state index contributed by atoms with van der Waals surface area (Å²) >= 11 is 1.46. The molecule has 26 heavy (non-hydrogen) atoms. The lowest BCUT2D eigenvalue weighted by molar-refractivity contribution is -0.122. The molecule has 8 heteroatoms. The minimum absolute atomic E-state index is 0.00610. The number of likely N-dealkylation sites (N-methyl/N-ethyl adjacent to an activating group) is 1. The number of hydrogen-bond donors (Lipinski definition) is 1. The van der Waals surface area contributed by atoms with Gasteiger partial charge in [0.25, 0.3) is 5.91 Å². The molecule has 0 bridgehead atoms. The van der Waals surface area contributed by atoms with E-state index in [1.807, 2.05) is 29.2 Å². The molecule has 3 rings (SSSR count). The molecular formula is C18H22N4O3S. The minimum Gasteiger partial charge on any atom is -0.497 e. The van der Waals surface area contributed by atoms with Gasteiger partial charge in [0.1, 0.15) is 16.5 Å². The first-order chi connectivity index (χ1) is 12.6. The Morgan fingerprint density at radius 1 is 1.19 bits per heavy atom. The van der Waals surface area contributed by atoms with Crippen LogP contribution in [0.15, 0.2) is 29.6 Å². The highest BCUT2D eigenvalue weighted by Crippen LogP contribution is 2.26. The highest BCUT2D eigenvalue weighted by molar-refractivity contribution is 7.13. The average Bonchev–Trinajstić information content (AvgIpc) is 3.18. The van der Waals surface area contributed by atoms with Crippen molar-refractivity contribution in [2.75, 3.05) is 46.9 Å². The number of rotatable bonds is 5. The molecule has 2 amide bonds. The zero-order valence-electron chi connectivity index (χ0n) is 14.9. The van der Waals surface area contributed by atoms with Crippen molar-refractivity contribution in [2.24, 2.45) is 0 Å². The first-order valence-electron chi connectivity index (χ1n) is 8.43. The van der Waals surface area contributed by atoms with E-state index in [1.165, 1.54) is 11.3 Å². The number of ether oxygens (including phenoxy) is 1. The molecule has 0 unspecified atom stereocenters. The smallest absolute Gasteiger partial charge is 0.273 e. The van der Waals surface area contributed by atoms with Crippen molar-refractivity contribution in [3.63, 3.8) is 0 Å². The number of hydrogen-bond acceptors (Lipinski definition) is 6. The summed E-state index contributed by atoms with van der Waals surface area (Å²) in [5, 5.41) is 5.24. The first-order valence-corrected chi connectivity index (χ1v) is 9.31. The predicted octanol–water partition coefficient (Wildman–Crippen LogP) is 1.32. The fourth-order valence-electron chi connectivity index (χ4n) is 2.79. The molecule has 7 nitrogen and oxygen atoms in total. The van der Waals surface area contributed by atoms with Crippen molar-refractivity contribution in [1.82, 2.24) is 20.1 Å². The number of piperazine rings is 1. The van der Waals surface area contributed by atoms with E-state index < -0.39 is 0 Å². The molecule has 0 radical (unpaired) electrons. The molecule has 1 saturated heterocycles. The molecule has 1 aromatic heterocycles. The molecule has 1 N–H and O–H groups in total. The summed E-state index contributed by atoms with van der Waals surface area (Å²) in [5.74, 6) is 0.727. The van der Waals surface area contributed by atoms with E-state index in [0.29, 0.717) is 38.4 Å². The third-order valence-electron chi connectivity index (χ3n) is 4.37. The maximum Gasteiger partial charge on any atom is 0.273 e. The molecule has 2 heterocycles. The summed E-state index contributed by atoms with van der Waals surface area (Å²) in [6, 6.07) is 7.63. The highest BCUT2D eigenvalue weighted by Gasteiger charge is 2.24.